The highest BCUT2D eigenvalue weighted by atomic mass is 35.5. The summed E-state index contributed by atoms with van der Waals surface area (Å²) in [5.41, 5.74) is 0.499. The molecule has 0 radical (unpaired) electrons. The molecule has 2 N–H and O–H groups in total. The lowest BCUT2D eigenvalue weighted by Crippen LogP contribution is -2.35. The Bertz CT molecular complexity index is 1070. The van der Waals surface area contributed by atoms with Crippen molar-refractivity contribution in [2.75, 3.05) is 19.6 Å². The molecule has 0 spiro atoms. The molecular weight excluding hydrogens is 392 g/mol. The number of rotatable bonds is 7. The van der Waals surface area contributed by atoms with Crippen molar-refractivity contribution in [1.29, 1.82) is 0 Å². The molecule has 8 heteroatoms. The maximum absolute atomic E-state index is 12.4. The first-order valence-corrected chi connectivity index (χ1v) is 10.5. The zero-order valence-corrected chi connectivity index (χ0v) is 17.0. The average molecular weight is 417 g/mol. The van der Waals surface area contributed by atoms with Crippen LogP contribution in [-0.4, -0.2) is 35.3 Å². The van der Waals surface area contributed by atoms with Gasteiger partial charge in [-0.05, 0) is 43.5 Å². The van der Waals surface area contributed by atoms with Gasteiger partial charge in [0.1, 0.15) is 17.5 Å². The molecule has 0 bridgehead atoms. The molecule has 1 fully saturated rings. The molecule has 0 unspecified atom stereocenters. The van der Waals surface area contributed by atoms with Crippen LogP contribution in [0.2, 0.25) is 5.02 Å². The van der Waals surface area contributed by atoms with Crippen molar-refractivity contribution in [2.24, 2.45) is 5.92 Å². The van der Waals surface area contributed by atoms with Crippen LogP contribution in [0.15, 0.2) is 33.6 Å². The van der Waals surface area contributed by atoms with Gasteiger partial charge in [-0.25, -0.2) is 4.79 Å². The van der Waals surface area contributed by atoms with E-state index in [0.29, 0.717) is 33.4 Å². The molecule has 2 heterocycles. The van der Waals surface area contributed by atoms with E-state index in [9.17, 15) is 9.59 Å². The molecule has 0 saturated heterocycles. The van der Waals surface area contributed by atoms with Gasteiger partial charge in [-0.3, -0.25) is 9.48 Å². The molecule has 1 aromatic carbocycles. The topological polar surface area (TPSA) is 89.2 Å². The average Bonchev–Trinajstić information content (AvgIpc) is 3.14. The number of carbonyl (C=O) groups excluding carboxylic acids is 1. The van der Waals surface area contributed by atoms with E-state index in [1.54, 1.807) is 18.2 Å². The SMILES string of the molecule is O=C(Cn1ncc2c(=O)oc3ccc(Cl)cc3c21)NCCNCC1CCCCC1. The first-order chi connectivity index (χ1) is 14.1. The van der Waals surface area contributed by atoms with Gasteiger partial charge in [0.2, 0.25) is 5.91 Å². The quantitative estimate of drug-likeness (QED) is 0.456. The summed E-state index contributed by atoms with van der Waals surface area (Å²) in [5.74, 6) is 0.611. The highest BCUT2D eigenvalue weighted by Gasteiger charge is 2.16. The summed E-state index contributed by atoms with van der Waals surface area (Å²) >= 11 is 6.10. The molecule has 7 nitrogen and oxygen atoms in total. The van der Waals surface area contributed by atoms with Gasteiger partial charge in [0.25, 0.3) is 0 Å². The fraction of sp³-hybridized carbons (Fsp3) is 0.476. The molecule has 2 aromatic heterocycles. The van der Waals surface area contributed by atoms with E-state index >= 15 is 0 Å². The normalized spacial score (nSPS) is 15.2. The lowest BCUT2D eigenvalue weighted by atomic mass is 9.89. The van der Waals surface area contributed by atoms with E-state index in [-0.39, 0.29) is 12.5 Å². The van der Waals surface area contributed by atoms with Gasteiger partial charge in [-0.2, -0.15) is 5.10 Å². The lowest BCUT2D eigenvalue weighted by molar-refractivity contribution is -0.121. The maximum Gasteiger partial charge on any atom is 0.347 e. The zero-order chi connectivity index (χ0) is 20.2. The monoisotopic (exact) mass is 416 g/mol. The molecule has 1 saturated carbocycles. The van der Waals surface area contributed by atoms with Crippen molar-refractivity contribution in [3.8, 4) is 0 Å². The highest BCUT2D eigenvalue weighted by molar-refractivity contribution is 6.31. The minimum atomic E-state index is -0.478. The van der Waals surface area contributed by atoms with Crippen molar-refractivity contribution in [1.82, 2.24) is 20.4 Å². The van der Waals surface area contributed by atoms with Gasteiger partial charge < -0.3 is 15.1 Å². The van der Waals surface area contributed by atoms with E-state index < -0.39 is 5.63 Å². The van der Waals surface area contributed by atoms with Gasteiger partial charge >= 0.3 is 5.63 Å². The summed E-state index contributed by atoms with van der Waals surface area (Å²) in [6.07, 6.45) is 8.06. The van der Waals surface area contributed by atoms with E-state index in [2.05, 4.69) is 15.7 Å². The standard InChI is InChI=1S/C21H25ClN4O3/c22-15-6-7-18-16(10-15)20-17(21(28)29-18)12-25-26(20)13-19(27)24-9-8-23-11-14-4-2-1-3-5-14/h6-7,10,12,14,23H,1-5,8-9,11,13H2,(H,24,27). The van der Waals surface area contributed by atoms with Crippen LogP contribution in [0.5, 0.6) is 0 Å². The van der Waals surface area contributed by atoms with Crippen LogP contribution in [0.4, 0.5) is 0 Å². The third-order valence-electron chi connectivity index (χ3n) is 5.53. The number of carbonyl (C=O) groups is 1. The Balaban J connectivity index is 1.37. The predicted molar refractivity (Wildman–Crippen MR) is 113 cm³/mol. The fourth-order valence-electron chi connectivity index (χ4n) is 4.05. The Morgan fingerprint density at radius 3 is 2.86 bits per heavy atom. The van der Waals surface area contributed by atoms with Crippen LogP contribution in [0.1, 0.15) is 32.1 Å². The Morgan fingerprint density at radius 1 is 1.21 bits per heavy atom. The highest BCUT2D eigenvalue weighted by Crippen LogP contribution is 2.25. The summed E-state index contributed by atoms with van der Waals surface area (Å²) in [6.45, 7) is 2.34. The molecule has 3 aromatic rings. The van der Waals surface area contributed by atoms with Crippen molar-refractivity contribution in [2.45, 2.75) is 38.6 Å². The molecule has 0 aliphatic heterocycles. The Labute approximate surface area is 173 Å². The fourth-order valence-corrected chi connectivity index (χ4v) is 4.22. The second kappa shape index (κ2) is 8.97. The number of hydrogen-bond acceptors (Lipinski definition) is 5. The summed E-state index contributed by atoms with van der Waals surface area (Å²) in [4.78, 5) is 24.6. The smallest absolute Gasteiger partial charge is 0.347 e. The molecule has 4 rings (SSSR count). The Kier molecular flexibility index (Phi) is 6.16. The summed E-state index contributed by atoms with van der Waals surface area (Å²) in [5, 5.41) is 12.1. The number of benzene rings is 1. The van der Waals surface area contributed by atoms with Crippen molar-refractivity contribution < 1.29 is 9.21 Å². The second-order valence-electron chi connectivity index (χ2n) is 7.65. The number of amides is 1. The van der Waals surface area contributed by atoms with Gasteiger partial charge in [0.05, 0.1) is 11.7 Å². The Morgan fingerprint density at radius 2 is 2.03 bits per heavy atom. The zero-order valence-electron chi connectivity index (χ0n) is 16.2. The summed E-state index contributed by atoms with van der Waals surface area (Å²) in [6, 6.07) is 5.02. The molecule has 0 atom stereocenters. The largest absolute Gasteiger partial charge is 0.422 e. The second-order valence-corrected chi connectivity index (χ2v) is 8.09. The molecule has 154 valence electrons. The van der Waals surface area contributed by atoms with Crippen LogP contribution in [0.3, 0.4) is 0 Å². The maximum atomic E-state index is 12.4. The minimum absolute atomic E-state index is 0.0250. The first-order valence-electron chi connectivity index (χ1n) is 10.2. The van der Waals surface area contributed by atoms with Gasteiger partial charge in [0.15, 0.2) is 0 Å². The molecular formula is C21H25ClN4O3. The number of fused-ring (bicyclic) bond motifs is 3. The molecule has 1 aliphatic carbocycles. The molecule has 1 aliphatic rings. The predicted octanol–water partition coefficient (Wildman–Crippen LogP) is 3.08. The van der Waals surface area contributed by atoms with Crippen molar-refractivity contribution in [3.63, 3.8) is 0 Å². The van der Waals surface area contributed by atoms with E-state index in [4.69, 9.17) is 16.0 Å². The number of nitrogens with one attached hydrogen (secondary N) is 2. The van der Waals surface area contributed by atoms with Crippen LogP contribution < -0.4 is 16.3 Å². The van der Waals surface area contributed by atoms with Gasteiger partial charge in [0, 0.05) is 23.5 Å². The van der Waals surface area contributed by atoms with Crippen LogP contribution in [0.25, 0.3) is 21.9 Å². The van der Waals surface area contributed by atoms with Gasteiger partial charge in [-0.1, -0.05) is 30.9 Å². The van der Waals surface area contributed by atoms with E-state index in [1.165, 1.54) is 43.0 Å². The third kappa shape index (κ3) is 4.62. The third-order valence-corrected chi connectivity index (χ3v) is 5.77. The number of aromatic nitrogens is 2. The van der Waals surface area contributed by atoms with Crippen LogP contribution in [-0.2, 0) is 11.3 Å². The van der Waals surface area contributed by atoms with E-state index in [0.717, 1.165) is 19.0 Å². The van der Waals surface area contributed by atoms with E-state index in [1.807, 2.05) is 0 Å². The van der Waals surface area contributed by atoms with Crippen molar-refractivity contribution >= 4 is 39.4 Å². The first kappa shape index (κ1) is 19.9. The van der Waals surface area contributed by atoms with Crippen molar-refractivity contribution in [3.05, 3.63) is 39.8 Å². The van der Waals surface area contributed by atoms with Crippen LogP contribution in [0, 0.1) is 5.92 Å². The summed E-state index contributed by atoms with van der Waals surface area (Å²) < 4.78 is 6.84. The van der Waals surface area contributed by atoms with Crippen LogP contribution >= 0.6 is 11.6 Å². The molecule has 29 heavy (non-hydrogen) atoms. The number of halogens is 1. The summed E-state index contributed by atoms with van der Waals surface area (Å²) in [7, 11) is 0. The number of hydrogen-bond donors (Lipinski definition) is 2. The Hall–Kier alpha value is -2.38. The lowest BCUT2D eigenvalue weighted by Gasteiger charge is -2.21. The number of nitrogens with zero attached hydrogens (tertiary/aromatic N) is 2. The minimum Gasteiger partial charge on any atom is -0.422 e. The molecule has 1 amide bonds. The van der Waals surface area contributed by atoms with Gasteiger partial charge in [-0.15, -0.1) is 0 Å².